The first-order valence-corrected chi connectivity index (χ1v) is 5.83. The minimum absolute atomic E-state index is 0.141. The van der Waals surface area contributed by atoms with Crippen molar-refractivity contribution >= 4 is 22.6 Å². The van der Waals surface area contributed by atoms with Crippen LogP contribution in [0.2, 0.25) is 0 Å². The lowest BCUT2D eigenvalue weighted by molar-refractivity contribution is -0.116. The monoisotopic (exact) mass is 256 g/mol. The number of carbonyl (C=O) groups is 1. The van der Waals surface area contributed by atoms with E-state index in [9.17, 15) is 4.79 Å². The molecule has 96 valence electrons. The van der Waals surface area contributed by atoms with Gasteiger partial charge >= 0.3 is 0 Å². The van der Waals surface area contributed by atoms with Crippen LogP contribution in [0.4, 0.5) is 5.69 Å². The molecule has 0 bridgehead atoms. The van der Waals surface area contributed by atoms with Gasteiger partial charge < -0.3 is 9.73 Å². The van der Waals surface area contributed by atoms with E-state index in [0.29, 0.717) is 0 Å². The smallest absolute Gasteiger partial charge is 0.246 e. The van der Waals surface area contributed by atoms with Crippen LogP contribution in [-0.4, -0.2) is 20.7 Å². The van der Waals surface area contributed by atoms with Crippen molar-refractivity contribution < 1.29 is 9.21 Å². The van der Waals surface area contributed by atoms with E-state index in [0.717, 1.165) is 22.4 Å². The van der Waals surface area contributed by atoms with Crippen molar-refractivity contribution in [2.75, 3.05) is 5.32 Å². The van der Waals surface area contributed by atoms with Crippen molar-refractivity contribution in [3.63, 3.8) is 0 Å². The molecule has 3 aromatic rings. The maximum Gasteiger partial charge on any atom is 0.246 e. The molecule has 0 atom stereocenters. The number of hydrogen-bond donors (Lipinski definition) is 1. The number of aryl methyl sites for hydroxylation is 1. The summed E-state index contributed by atoms with van der Waals surface area (Å²) in [6.07, 6.45) is 2.90. The van der Waals surface area contributed by atoms with Crippen molar-refractivity contribution in [1.29, 1.82) is 0 Å². The SMILES string of the molecule is Cc1cc2cc(NC(=O)Cn3cncn3)ccc2o1. The third-order valence-corrected chi connectivity index (χ3v) is 2.70. The van der Waals surface area contributed by atoms with Crippen LogP contribution in [0.5, 0.6) is 0 Å². The first kappa shape index (κ1) is 11.5. The Balaban J connectivity index is 1.75. The zero-order valence-electron chi connectivity index (χ0n) is 10.3. The van der Waals surface area contributed by atoms with Gasteiger partial charge in [-0.15, -0.1) is 0 Å². The third kappa shape index (κ3) is 2.47. The number of amides is 1. The molecule has 0 spiro atoms. The molecule has 0 fully saturated rings. The average molecular weight is 256 g/mol. The van der Waals surface area contributed by atoms with E-state index in [1.165, 1.54) is 17.3 Å². The van der Waals surface area contributed by atoms with Gasteiger partial charge in [-0.05, 0) is 31.2 Å². The zero-order chi connectivity index (χ0) is 13.2. The predicted octanol–water partition coefficient (Wildman–Crippen LogP) is 1.97. The highest BCUT2D eigenvalue weighted by Crippen LogP contribution is 2.22. The highest BCUT2D eigenvalue weighted by atomic mass is 16.3. The average Bonchev–Trinajstić information content (AvgIpc) is 2.96. The molecule has 0 saturated heterocycles. The number of carbonyl (C=O) groups excluding carboxylic acids is 1. The standard InChI is InChI=1S/C13H12N4O2/c1-9-4-10-5-11(2-3-12(10)19-9)16-13(18)6-17-8-14-7-15-17/h2-5,7-8H,6H2,1H3,(H,16,18). The van der Waals surface area contributed by atoms with E-state index in [4.69, 9.17) is 4.42 Å². The van der Waals surface area contributed by atoms with E-state index >= 15 is 0 Å². The summed E-state index contributed by atoms with van der Waals surface area (Å²) in [6, 6.07) is 7.46. The minimum Gasteiger partial charge on any atom is -0.461 e. The molecule has 2 aromatic heterocycles. The third-order valence-electron chi connectivity index (χ3n) is 2.70. The van der Waals surface area contributed by atoms with Crippen LogP contribution in [-0.2, 0) is 11.3 Å². The highest BCUT2D eigenvalue weighted by molar-refractivity contribution is 5.93. The van der Waals surface area contributed by atoms with Crippen LogP contribution < -0.4 is 5.32 Å². The molecule has 1 aromatic carbocycles. The molecular formula is C13H12N4O2. The Kier molecular flexibility index (Phi) is 2.75. The number of nitrogens with one attached hydrogen (secondary N) is 1. The van der Waals surface area contributed by atoms with Gasteiger partial charge in [-0.25, -0.2) is 9.67 Å². The van der Waals surface area contributed by atoms with Gasteiger partial charge in [0, 0.05) is 11.1 Å². The molecule has 19 heavy (non-hydrogen) atoms. The van der Waals surface area contributed by atoms with Crippen LogP contribution >= 0.6 is 0 Å². The van der Waals surface area contributed by atoms with Crippen LogP contribution in [0.3, 0.4) is 0 Å². The lowest BCUT2D eigenvalue weighted by atomic mass is 10.2. The van der Waals surface area contributed by atoms with Crippen LogP contribution in [0.15, 0.2) is 41.3 Å². The van der Waals surface area contributed by atoms with E-state index in [2.05, 4.69) is 15.4 Å². The summed E-state index contributed by atoms with van der Waals surface area (Å²) in [4.78, 5) is 15.6. The number of aromatic nitrogens is 3. The predicted molar refractivity (Wildman–Crippen MR) is 69.6 cm³/mol. The molecule has 0 radical (unpaired) electrons. The minimum atomic E-state index is -0.148. The summed E-state index contributed by atoms with van der Waals surface area (Å²) in [6.45, 7) is 2.03. The Labute approximate surface area is 109 Å². The Bertz CT molecular complexity index is 715. The fourth-order valence-electron chi connectivity index (χ4n) is 1.92. The maximum atomic E-state index is 11.8. The van der Waals surface area contributed by atoms with Crippen LogP contribution in [0.1, 0.15) is 5.76 Å². The highest BCUT2D eigenvalue weighted by Gasteiger charge is 2.06. The molecule has 6 nitrogen and oxygen atoms in total. The van der Waals surface area contributed by atoms with E-state index in [1.54, 1.807) is 0 Å². The van der Waals surface area contributed by atoms with Gasteiger partial charge in [-0.1, -0.05) is 0 Å². The number of fused-ring (bicyclic) bond motifs is 1. The van der Waals surface area contributed by atoms with Crippen molar-refractivity contribution in [2.24, 2.45) is 0 Å². The molecular weight excluding hydrogens is 244 g/mol. The van der Waals surface area contributed by atoms with Gasteiger partial charge in [0.1, 0.15) is 30.5 Å². The molecule has 0 unspecified atom stereocenters. The van der Waals surface area contributed by atoms with E-state index in [1.807, 2.05) is 31.2 Å². The van der Waals surface area contributed by atoms with Gasteiger partial charge in [-0.2, -0.15) is 5.10 Å². The van der Waals surface area contributed by atoms with Gasteiger partial charge in [0.2, 0.25) is 5.91 Å². The molecule has 0 saturated carbocycles. The molecule has 0 aliphatic carbocycles. The fourth-order valence-corrected chi connectivity index (χ4v) is 1.92. The van der Waals surface area contributed by atoms with Crippen molar-refractivity contribution in [1.82, 2.24) is 14.8 Å². The molecule has 2 heterocycles. The maximum absolute atomic E-state index is 11.8. The number of rotatable bonds is 3. The Morgan fingerprint density at radius 1 is 1.42 bits per heavy atom. The number of benzene rings is 1. The molecule has 0 aliphatic heterocycles. The fraction of sp³-hybridized carbons (Fsp3) is 0.154. The normalized spacial score (nSPS) is 10.8. The zero-order valence-corrected chi connectivity index (χ0v) is 10.3. The molecule has 6 heteroatoms. The molecule has 1 amide bonds. The number of hydrogen-bond acceptors (Lipinski definition) is 4. The summed E-state index contributed by atoms with van der Waals surface area (Å²) in [5.74, 6) is 0.700. The molecule has 0 aliphatic rings. The Hall–Kier alpha value is -2.63. The van der Waals surface area contributed by atoms with Crippen molar-refractivity contribution in [2.45, 2.75) is 13.5 Å². The second-order valence-electron chi connectivity index (χ2n) is 4.25. The number of anilines is 1. The second-order valence-corrected chi connectivity index (χ2v) is 4.25. The summed E-state index contributed by atoms with van der Waals surface area (Å²) < 4.78 is 6.95. The Morgan fingerprint density at radius 3 is 3.11 bits per heavy atom. The largest absolute Gasteiger partial charge is 0.461 e. The first-order valence-electron chi connectivity index (χ1n) is 5.83. The quantitative estimate of drug-likeness (QED) is 0.777. The van der Waals surface area contributed by atoms with Crippen molar-refractivity contribution in [3.8, 4) is 0 Å². The Morgan fingerprint density at radius 2 is 2.32 bits per heavy atom. The molecule has 1 N–H and O–H groups in total. The van der Waals surface area contributed by atoms with E-state index < -0.39 is 0 Å². The van der Waals surface area contributed by atoms with Crippen LogP contribution in [0.25, 0.3) is 11.0 Å². The lowest BCUT2D eigenvalue weighted by Gasteiger charge is -2.04. The summed E-state index contributed by atoms with van der Waals surface area (Å²) in [7, 11) is 0. The number of furan rings is 1. The van der Waals surface area contributed by atoms with Crippen molar-refractivity contribution in [3.05, 3.63) is 42.7 Å². The topological polar surface area (TPSA) is 73.0 Å². The summed E-state index contributed by atoms with van der Waals surface area (Å²) in [5.41, 5.74) is 1.55. The van der Waals surface area contributed by atoms with Crippen LogP contribution in [0, 0.1) is 6.92 Å². The second kappa shape index (κ2) is 4.56. The lowest BCUT2D eigenvalue weighted by Crippen LogP contribution is -2.18. The molecule has 3 rings (SSSR count). The number of nitrogens with zero attached hydrogens (tertiary/aromatic N) is 3. The van der Waals surface area contributed by atoms with Gasteiger partial charge in [0.05, 0.1) is 0 Å². The van der Waals surface area contributed by atoms with Gasteiger partial charge in [-0.3, -0.25) is 4.79 Å². The van der Waals surface area contributed by atoms with Gasteiger partial charge in [0.15, 0.2) is 0 Å². The summed E-state index contributed by atoms with van der Waals surface area (Å²) in [5, 5.41) is 7.66. The first-order chi connectivity index (χ1) is 9.20. The van der Waals surface area contributed by atoms with E-state index in [-0.39, 0.29) is 12.5 Å². The van der Waals surface area contributed by atoms with Gasteiger partial charge in [0.25, 0.3) is 0 Å². The summed E-state index contributed by atoms with van der Waals surface area (Å²) >= 11 is 0.